The molecule has 5 heteroatoms. The van der Waals surface area contributed by atoms with Crippen molar-refractivity contribution >= 4 is 22.8 Å². The van der Waals surface area contributed by atoms with E-state index in [1.165, 1.54) is 36.0 Å². The van der Waals surface area contributed by atoms with Crippen LogP contribution in [0.3, 0.4) is 0 Å². The van der Waals surface area contributed by atoms with Gasteiger partial charge in [-0.3, -0.25) is 14.2 Å². The average Bonchev–Trinajstić information content (AvgIpc) is 3.20. The van der Waals surface area contributed by atoms with Crippen LogP contribution in [0.25, 0.3) is 10.9 Å². The molecule has 0 amide bonds. The van der Waals surface area contributed by atoms with Crippen LogP contribution in [0.5, 0.6) is 5.75 Å². The van der Waals surface area contributed by atoms with Crippen LogP contribution in [-0.2, 0) is 30.5 Å². The molecule has 1 aromatic heterocycles. The van der Waals surface area contributed by atoms with Crippen molar-refractivity contribution in [3.05, 3.63) is 100 Å². The Hall–Kier alpha value is -3.86. The number of rotatable bonds is 7. The predicted molar refractivity (Wildman–Crippen MR) is 136 cm³/mol. The lowest BCUT2D eigenvalue weighted by Gasteiger charge is -2.19. The minimum Gasteiger partial charge on any atom is -0.493 e. The summed E-state index contributed by atoms with van der Waals surface area (Å²) in [6, 6.07) is 21.2. The highest BCUT2D eigenvalue weighted by molar-refractivity contribution is 6.04. The van der Waals surface area contributed by atoms with Crippen LogP contribution >= 0.6 is 0 Å². The van der Waals surface area contributed by atoms with Gasteiger partial charge in [-0.2, -0.15) is 0 Å². The van der Waals surface area contributed by atoms with Gasteiger partial charge in [0.1, 0.15) is 5.75 Å². The molecule has 0 unspecified atom stereocenters. The topological polar surface area (TPSA) is 68.5 Å². The number of nitrogens with zero attached hydrogens (tertiary/aromatic N) is 1. The van der Waals surface area contributed by atoms with Gasteiger partial charge in [-0.15, -0.1) is 0 Å². The van der Waals surface area contributed by atoms with Crippen LogP contribution in [0, 0.1) is 6.92 Å². The summed E-state index contributed by atoms with van der Waals surface area (Å²) in [4.78, 5) is 24.6. The monoisotopic (exact) mass is 467 g/mol. The molecule has 0 aliphatic heterocycles. The Morgan fingerprint density at radius 2 is 1.69 bits per heavy atom. The van der Waals surface area contributed by atoms with E-state index in [4.69, 9.17) is 4.74 Å². The Morgan fingerprint density at radius 3 is 2.49 bits per heavy atom. The first-order valence-electron chi connectivity index (χ1n) is 12.2. The summed E-state index contributed by atoms with van der Waals surface area (Å²) in [6.07, 6.45) is 5.67. The highest BCUT2D eigenvalue weighted by atomic mass is 16.5. The molecule has 35 heavy (non-hydrogen) atoms. The van der Waals surface area contributed by atoms with Gasteiger partial charge < -0.3 is 9.84 Å². The van der Waals surface area contributed by atoms with Crippen molar-refractivity contribution in [2.24, 2.45) is 0 Å². The molecule has 0 saturated heterocycles. The summed E-state index contributed by atoms with van der Waals surface area (Å²) in [6.45, 7) is 2.46. The van der Waals surface area contributed by atoms with Crippen LogP contribution in [0.15, 0.2) is 66.7 Å². The first-order chi connectivity index (χ1) is 17.0. The molecule has 1 aliphatic rings. The summed E-state index contributed by atoms with van der Waals surface area (Å²) in [5.41, 5.74) is 7.12. The molecule has 0 atom stereocenters. The number of hydrogen-bond donors (Lipinski definition) is 1. The van der Waals surface area contributed by atoms with Gasteiger partial charge in [0, 0.05) is 23.1 Å². The van der Waals surface area contributed by atoms with E-state index in [1.807, 2.05) is 31.2 Å². The number of carboxylic acid groups (broad SMARTS) is 1. The maximum absolute atomic E-state index is 13.3. The minimum atomic E-state index is -0.892. The first-order valence-corrected chi connectivity index (χ1v) is 12.2. The van der Waals surface area contributed by atoms with Gasteiger partial charge in [-0.25, -0.2) is 0 Å². The lowest BCUT2D eigenvalue weighted by molar-refractivity contribution is -0.136. The van der Waals surface area contributed by atoms with Crippen molar-refractivity contribution in [3.8, 4) is 5.75 Å². The number of carboxylic acids is 1. The van der Waals surface area contributed by atoms with Gasteiger partial charge in [0.2, 0.25) is 0 Å². The molecular formula is C30H29NO4. The highest BCUT2D eigenvalue weighted by Crippen LogP contribution is 2.27. The SMILES string of the molecule is Cc1cc2c(CC(=O)O)cccc2n1C(=O)c1ccc(OCCc2cccc3c2CCCC3)cc1. The maximum atomic E-state index is 13.3. The molecule has 0 saturated carbocycles. The largest absolute Gasteiger partial charge is 0.493 e. The number of hydrogen-bond acceptors (Lipinski definition) is 3. The average molecular weight is 468 g/mol. The molecular weight excluding hydrogens is 438 g/mol. The fraction of sp³-hybridized carbons (Fsp3) is 0.267. The standard InChI is InChI=1S/C30H29NO4/c1-20-18-27-24(19-29(32)33)9-5-11-28(27)31(20)30(34)23-12-14-25(15-13-23)35-17-16-22-8-4-7-21-6-2-3-10-26(21)22/h4-5,7-9,11-15,18H,2-3,6,10,16-17,19H2,1H3,(H,32,33). The first kappa shape index (κ1) is 22.9. The predicted octanol–water partition coefficient (Wildman–Crippen LogP) is 5.77. The second-order valence-corrected chi connectivity index (χ2v) is 9.23. The van der Waals surface area contributed by atoms with Gasteiger partial charge in [0.05, 0.1) is 18.5 Å². The molecule has 5 nitrogen and oxygen atoms in total. The molecule has 0 spiro atoms. The van der Waals surface area contributed by atoms with Gasteiger partial charge >= 0.3 is 5.97 Å². The molecule has 0 radical (unpaired) electrons. The number of aryl methyl sites for hydroxylation is 2. The smallest absolute Gasteiger partial charge is 0.307 e. The zero-order valence-electron chi connectivity index (χ0n) is 19.9. The summed E-state index contributed by atoms with van der Waals surface area (Å²) >= 11 is 0. The van der Waals surface area contributed by atoms with E-state index in [-0.39, 0.29) is 12.3 Å². The van der Waals surface area contributed by atoms with E-state index in [0.29, 0.717) is 17.7 Å². The van der Waals surface area contributed by atoms with Crippen molar-refractivity contribution < 1.29 is 19.4 Å². The van der Waals surface area contributed by atoms with Crippen LogP contribution in [0.4, 0.5) is 0 Å². The summed E-state index contributed by atoms with van der Waals surface area (Å²) in [5, 5.41) is 10.0. The van der Waals surface area contributed by atoms with Gasteiger partial charge in [0.15, 0.2) is 0 Å². The summed E-state index contributed by atoms with van der Waals surface area (Å²) in [7, 11) is 0. The lowest BCUT2D eigenvalue weighted by Crippen LogP contribution is -2.13. The van der Waals surface area contributed by atoms with E-state index in [0.717, 1.165) is 35.2 Å². The van der Waals surface area contributed by atoms with Crippen molar-refractivity contribution in [2.75, 3.05) is 6.61 Å². The van der Waals surface area contributed by atoms with Gasteiger partial charge in [-0.05, 0) is 91.3 Å². The number of carbonyl (C=O) groups excluding carboxylic acids is 1. The number of ether oxygens (including phenoxy) is 1. The molecule has 1 aliphatic carbocycles. The molecule has 1 heterocycles. The highest BCUT2D eigenvalue weighted by Gasteiger charge is 2.17. The van der Waals surface area contributed by atoms with E-state index >= 15 is 0 Å². The lowest BCUT2D eigenvalue weighted by atomic mass is 9.87. The summed E-state index contributed by atoms with van der Waals surface area (Å²) < 4.78 is 7.65. The molecule has 1 N–H and O–H groups in total. The van der Waals surface area contributed by atoms with Gasteiger partial charge in [-0.1, -0.05) is 30.3 Å². The van der Waals surface area contributed by atoms with E-state index in [1.54, 1.807) is 28.8 Å². The van der Waals surface area contributed by atoms with Crippen molar-refractivity contribution in [2.45, 2.75) is 45.4 Å². The van der Waals surface area contributed by atoms with E-state index in [9.17, 15) is 14.7 Å². The Balaban J connectivity index is 1.29. The molecule has 3 aromatic carbocycles. The van der Waals surface area contributed by atoms with E-state index < -0.39 is 5.97 Å². The zero-order valence-corrected chi connectivity index (χ0v) is 19.9. The number of aromatic nitrogens is 1. The molecule has 5 rings (SSSR count). The zero-order chi connectivity index (χ0) is 24.4. The maximum Gasteiger partial charge on any atom is 0.307 e. The fourth-order valence-electron chi connectivity index (χ4n) is 5.21. The quantitative estimate of drug-likeness (QED) is 0.375. The Kier molecular flexibility index (Phi) is 6.41. The Morgan fingerprint density at radius 1 is 0.943 bits per heavy atom. The summed E-state index contributed by atoms with van der Waals surface area (Å²) in [5.74, 6) is -0.298. The normalized spacial score (nSPS) is 12.9. The van der Waals surface area contributed by atoms with Crippen molar-refractivity contribution in [1.82, 2.24) is 4.57 Å². The third-order valence-electron chi connectivity index (χ3n) is 6.90. The van der Waals surface area contributed by atoms with Crippen molar-refractivity contribution in [3.63, 3.8) is 0 Å². The number of carbonyl (C=O) groups is 2. The second kappa shape index (κ2) is 9.79. The van der Waals surface area contributed by atoms with Crippen molar-refractivity contribution in [1.29, 1.82) is 0 Å². The third kappa shape index (κ3) is 4.72. The van der Waals surface area contributed by atoms with Gasteiger partial charge in [0.25, 0.3) is 5.91 Å². The van der Waals surface area contributed by atoms with Crippen LogP contribution in [0.1, 0.15) is 51.1 Å². The number of benzene rings is 3. The minimum absolute atomic E-state index is 0.0766. The second-order valence-electron chi connectivity index (χ2n) is 9.23. The molecule has 0 bridgehead atoms. The van der Waals surface area contributed by atoms with Crippen LogP contribution < -0.4 is 4.74 Å². The van der Waals surface area contributed by atoms with Crippen LogP contribution in [-0.4, -0.2) is 28.2 Å². The molecule has 4 aromatic rings. The third-order valence-corrected chi connectivity index (χ3v) is 6.90. The van der Waals surface area contributed by atoms with Crippen LogP contribution in [0.2, 0.25) is 0 Å². The Labute approximate surface area is 205 Å². The Bertz CT molecular complexity index is 1400. The molecule has 178 valence electrons. The number of aliphatic carboxylic acids is 1. The molecule has 0 fully saturated rings. The fourth-order valence-corrected chi connectivity index (χ4v) is 5.21. The van der Waals surface area contributed by atoms with E-state index in [2.05, 4.69) is 18.2 Å². The number of fused-ring (bicyclic) bond motifs is 2.